The number of thioether (sulfide) groups is 1. The third-order valence-electron chi connectivity index (χ3n) is 3.65. The van der Waals surface area contributed by atoms with Gasteiger partial charge in [-0.25, -0.2) is 0 Å². The molecule has 2 aromatic heterocycles. The van der Waals surface area contributed by atoms with Crippen molar-refractivity contribution < 1.29 is 9.21 Å². The van der Waals surface area contributed by atoms with Crippen LogP contribution in [0, 0.1) is 5.92 Å². The number of furan rings is 1. The molecule has 0 saturated carbocycles. The third-order valence-corrected chi connectivity index (χ3v) is 5.33. The van der Waals surface area contributed by atoms with Gasteiger partial charge >= 0.3 is 0 Å². The molecule has 1 fully saturated rings. The molecule has 0 aliphatic carbocycles. The lowest BCUT2D eigenvalue weighted by Gasteiger charge is -2.31. The van der Waals surface area contributed by atoms with E-state index in [-0.39, 0.29) is 11.8 Å². The van der Waals surface area contributed by atoms with Gasteiger partial charge in [0.25, 0.3) is 0 Å². The van der Waals surface area contributed by atoms with E-state index < -0.39 is 0 Å². The van der Waals surface area contributed by atoms with Crippen molar-refractivity contribution in [3.05, 3.63) is 24.2 Å². The maximum absolute atomic E-state index is 12.4. The van der Waals surface area contributed by atoms with Gasteiger partial charge in [-0.1, -0.05) is 11.8 Å². The first-order chi connectivity index (χ1) is 10.7. The topological polar surface area (TPSA) is 71.3 Å². The predicted octanol–water partition coefficient (Wildman–Crippen LogP) is 2.70. The molecule has 2 aromatic rings. The fourth-order valence-electron chi connectivity index (χ4n) is 2.59. The van der Waals surface area contributed by atoms with E-state index in [1.807, 2.05) is 18.4 Å². The van der Waals surface area contributed by atoms with Crippen LogP contribution in [0.3, 0.4) is 0 Å². The van der Waals surface area contributed by atoms with E-state index in [1.165, 1.54) is 23.3 Å². The molecule has 1 unspecified atom stereocenters. The lowest BCUT2D eigenvalue weighted by atomic mass is 9.97. The number of rotatable bonds is 5. The van der Waals surface area contributed by atoms with Crippen LogP contribution >= 0.6 is 23.3 Å². The Balaban J connectivity index is 1.55. The molecule has 0 spiro atoms. The summed E-state index contributed by atoms with van der Waals surface area (Å²) in [5.41, 5.74) is 0. The molecule has 1 atom stereocenters. The third kappa shape index (κ3) is 3.88. The van der Waals surface area contributed by atoms with E-state index in [4.69, 9.17) is 4.42 Å². The Morgan fingerprint density at radius 1 is 1.64 bits per heavy atom. The number of carbonyl (C=O) groups is 1. The summed E-state index contributed by atoms with van der Waals surface area (Å²) in [7, 11) is 0. The van der Waals surface area contributed by atoms with E-state index >= 15 is 0 Å². The smallest absolute Gasteiger partial charge is 0.242 e. The number of likely N-dealkylation sites (tertiary alicyclic amines) is 1. The minimum atomic E-state index is -0.0232. The number of hydrogen-bond acceptors (Lipinski definition) is 7. The highest BCUT2D eigenvalue weighted by Gasteiger charge is 2.27. The van der Waals surface area contributed by atoms with Crippen LogP contribution < -0.4 is 5.32 Å². The standard InChI is InChI=1S/C14H18N4O2S2/c1-21-14-16-13(17-22-14)15-12(19)10-4-2-6-18(8-10)9-11-5-3-7-20-11/h3,5,7,10H,2,4,6,8-9H2,1H3,(H,15,17,19). The second-order valence-electron chi connectivity index (χ2n) is 5.23. The zero-order valence-corrected chi connectivity index (χ0v) is 14.0. The molecule has 3 heterocycles. The first kappa shape index (κ1) is 15.5. The van der Waals surface area contributed by atoms with Crippen LogP contribution in [-0.2, 0) is 11.3 Å². The lowest BCUT2D eigenvalue weighted by molar-refractivity contribution is -0.121. The van der Waals surface area contributed by atoms with Crippen molar-refractivity contribution in [3.8, 4) is 0 Å². The maximum atomic E-state index is 12.4. The molecule has 0 bridgehead atoms. The number of amides is 1. The molecule has 0 radical (unpaired) electrons. The summed E-state index contributed by atoms with van der Waals surface area (Å²) in [5, 5.41) is 2.83. The highest BCUT2D eigenvalue weighted by molar-refractivity contribution is 8.00. The number of nitrogens with zero attached hydrogens (tertiary/aromatic N) is 3. The quantitative estimate of drug-likeness (QED) is 0.845. The van der Waals surface area contributed by atoms with Gasteiger partial charge in [0.05, 0.1) is 18.7 Å². The highest BCUT2D eigenvalue weighted by Crippen LogP contribution is 2.22. The average Bonchev–Trinajstić information content (AvgIpc) is 3.19. The van der Waals surface area contributed by atoms with Crippen LogP contribution in [0.15, 0.2) is 27.2 Å². The zero-order chi connectivity index (χ0) is 15.4. The Morgan fingerprint density at radius 3 is 3.27 bits per heavy atom. The Kier molecular flexibility index (Phi) is 5.12. The van der Waals surface area contributed by atoms with Crippen LogP contribution in [-0.4, -0.2) is 39.5 Å². The molecule has 1 aliphatic rings. The van der Waals surface area contributed by atoms with E-state index in [0.717, 1.165) is 42.6 Å². The maximum Gasteiger partial charge on any atom is 0.242 e. The summed E-state index contributed by atoms with van der Waals surface area (Å²) in [6.45, 7) is 2.49. The number of carbonyl (C=O) groups excluding carboxylic acids is 1. The van der Waals surface area contributed by atoms with Gasteiger partial charge < -0.3 is 4.42 Å². The molecule has 22 heavy (non-hydrogen) atoms. The monoisotopic (exact) mass is 338 g/mol. The van der Waals surface area contributed by atoms with Gasteiger partial charge in [0, 0.05) is 6.54 Å². The Bertz CT molecular complexity index is 614. The van der Waals surface area contributed by atoms with Crippen molar-refractivity contribution in [2.75, 3.05) is 24.7 Å². The minimum absolute atomic E-state index is 0.00889. The second-order valence-corrected chi connectivity index (χ2v) is 7.04. The van der Waals surface area contributed by atoms with Crippen molar-refractivity contribution >= 4 is 35.1 Å². The van der Waals surface area contributed by atoms with Gasteiger partial charge in [0.15, 0.2) is 4.34 Å². The minimum Gasteiger partial charge on any atom is -0.468 e. The molecule has 3 rings (SSSR count). The molecular formula is C14H18N4O2S2. The molecular weight excluding hydrogens is 320 g/mol. The number of piperidine rings is 1. The van der Waals surface area contributed by atoms with Gasteiger partial charge in [0.2, 0.25) is 11.9 Å². The van der Waals surface area contributed by atoms with E-state index in [9.17, 15) is 4.79 Å². The largest absolute Gasteiger partial charge is 0.468 e. The molecule has 6 nitrogen and oxygen atoms in total. The highest BCUT2D eigenvalue weighted by atomic mass is 32.2. The molecule has 1 N–H and O–H groups in total. The number of aromatic nitrogens is 2. The molecule has 1 aliphatic heterocycles. The van der Waals surface area contributed by atoms with Crippen molar-refractivity contribution in [1.29, 1.82) is 0 Å². The number of anilines is 1. The van der Waals surface area contributed by atoms with Crippen molar-refractivity contribution in [2.24, 2.45) is 5.92 Å². The second kappa shape index (κ2) is 7.26. The van der Waals surface area contributed by atoms with Crippen LogP contribution in [0.2, 0.25) is 0 Å². The SMILES string of the molecule is CSc1nc(NC(=O)C2CCCN(Cc3ccco3)C2)ns1. The first-order valence-corrected chi connectivity index (χ1v) is 9.17. The summed E-state index contributed by atoms with van der Waals surface area (Å²) in [6.07, 6.45) is 5.54. The molecule has 1 saturated heterocycles. The fraction of sp³-hybridized carbons (Fsp3) is 0.500. The van der Waals surface area contributed by atoms with Crippen LogP contribution in [0.1, 0.15) is 18.6 Å². The summed E-state index contributed by atoms with van der Waals surface area (Å²) in [6, 6.07) is 3.85. The molecule has 0 aromatic carbocycles. The van der Waals surface area contributed by atoms with Crippen LogP contribution in [0.5, 0.6) is 0 Å². The Labute approximate surface area is 137 Å². The summed E-state index contributed by atoms with van der Waals surface area (Å²) >= 11 is 2.84. The van der Waals surface area contributed by atoms with Crippen LogP contribution in [0.25, 0.3) is 0 Å². The molecule has 1 amide bonds. The number of nitrogens with one attached hydrogen (secondary N) is 1. The van der Waals surface area contributed by atoms with Gasteiger partial charge in [-0.05, 0) is 49.3 Å². The normalized spacial score (nSPS) is 19.2. The zero-order valence-electron chi connectivity index (χ0n) is 12.3. The lowest BCUT2D eigenvalue weighted by Crippen LogP contribution is -2.40. The average molecular weight is 338 g/mol. The van der Waals surface area contributed by atoms with Gasteiger partial charge in [-0.3, -0.25) is 15.0 Å². The van der Waals surface area contributed by atoms with Crippen LogP contribution in [0.4, 0.5) is 5.95 Å². The van der Waals surface area contributed by atoms with Gasteiger partial charge in [0.1, 0.15) is 5.76 Å². The Hall–Kier alpha value is -1.38. The first-order valence-electron chi connectivity index (χ1n) is 7.18. The molecule has 118 valence electrons. The predicted molar refractivity (Wildman–Crippen MR) is 87.0 cm³/mol. The van der Waals surface area contributed by atoms with Gasteiger partial charge in [-0.15, -0.1) is 0 Å². The fourth-order valence-corrected chi connectivity index (χ4v) is 3.56. The summed E-state index contributed by atoms with van der Waals surface area (Å²) in [4.78, 5) is 18.9. The summed E-state index contributed by atoms with van der Waals surface area (Å²) < 4.78 is 10.4. The Morgan fingerprint density at radius 2 is 2.55 bits per heavy atom. The van der Waals surface area contributed by atoms with Gasteiger partial charge in [-0.2, -0.15) is 9.36 Å². The van der Waals surface area contributed by atoms with Crippen molar-refractivity contribution in [2.45, 2.75) is 23.7 Å². The number of hydrogen-bond donors (Lipinski definition) is 1. The van der Waals surface area contributed by atoms with E-state index in [2.05, 4.69) is 19.6 Å². The van der Waals surface area contributed by atoms with E-state index in [0.29, 0.717) is 5.95 Å². The van der Waals surface area contributed by atoms with E-state index in [1.54, 1.807) is 6.26 Å². The summed E-state index contributed by atoms with van der Waals surface area (Å²) in [5.74, 6) is 1.34. The molecule has 8 heteroatoms. The van der Waals surface area contributed by atoms with Crippen molar-refractivity contribution in [3.63, 3.8) is 0 Å². The van der Waals surface area contributed by atoms with Crippen molar-refractivity contribution in [1.82, 2.24) is 14.3 Å².